The van der Waals surface area contributed by atoms with E-state index in [4.69, 9.17) is 4.74 Å². The van der Waals surface area contributed by atoms with E-state index in [9.17, 15) is 9.59 Å². The summed E-state index contributed by atoms with van der Waals surface area (Å²) in [4.78, 5) is 24.9. The van der Waals surface area contributed by atoms with Crippen molar-refractivity contribution in [3.63, 3.8) is 0 Å². The normalized spacial score (nSPS) is 22.5. The van der Waals surface area contributed by atoms with Crippen molar-refractivity contribution >= 4 is 17.9 Å². The first kappa shape index (κ1) is 14.7. The highest BCUT2D eigenvalue weighted by Gasteiger charge is 2.19. The Balaban J connectivity index is 1.63. The van der Waals surface area contributed by atoms with Crippen molar-refractivity contribution in [2.24, 2.45) is 0 Å². The van der Waals surface area contributed by atoms with Crippen LogP contribution in [0.15, 0.2) is 30.6 Å². The second-order valence-corrected chi connectivity index (χ2v) is 5.43. The average molecular weight is 301 g/mol. The highest BCUT2D eigenvalue weighted by atomic mass is 16.5. The maximum absolute atomic E-state index is 12.0. The quantitative estimate of drug-likeness (QED) is 0.800. The molecule has 1 aromatic heterocycles. The minimum Gasteiger partial charge on any atom is -0.357 e. The van der Waals surface area contributed by atoms with Gasteiger partial charge in [-0.05, 0) is 37.8 Å². The maximum atomic E-state index is 12.0. The van der Waals surface area contributed by atoms with E-state index >= 15 is 0 Å². The largest absolute Gasteiger partial charge is 0.357 e. The second-order valence-electron chi connectivity index (χ2n) is 5.43. The first-order chi connectivity index (χ1) is 10.7. The Morgan fingerprint density at radius 3 is 3.09 bits per heavy atom. The van der Waals surface area contributed by atoms with Crippen LogP contribution in [0, 0.1) is 0 Å². The molecule has 1 saturated heterocycles. The van der Waals surface area contributed by atoms with Gasteiger partial charge in [0, 0.05) is 31.0 Å². The molecular weight excluding hydrogens is 282 g/mol. The number of ether oxygens (including phenoxy) is 1. The summed E-state index contributed by atoms with van der Waals surface area (Å²) in [6, 6.07) is 0. The number of rotatable bonds is 3. The minimum atomic E-state index is -0.295. The smallest absolute Gasteiger partial charge is 0.253 e. The number of hydrogen-bond donors (Lipinski definition) is 0. The fourth-order valence-corrected chi connectivity index (χ4v) is 2.59. The molecule has 0 N–H and O–H groups in total. The van der Waals surface area contributed by atoms with Gasteiger partial charge in [0.25, 0.3) is 11.8 Å². The van der Waals surface area contributed by atoms with Crippen molar-refractivity contribution in [2.75, 3.05) is 13.2 Å². The molecule has 1 fully saturated rings. The van der Waals surface area contributed by atoms with E-state index in [-0.39, 0.29) is 18.0 Å². The monoisotopic (exact) mass is 301 g/mol. The van der Waals surface area contributed by atoms with Crippen LogP contribution in [0.1, 0.15) is 37.5 Å². The SMILES string of the molecule is O=C1C=CCCN1C(=O)C=Cc1cnn(C2CCCCO2)c1. The standard InChI is InChI=1S/C16H19N3O3/c20-14-5-1-3-9-18(14)15(21)8-7-13-11-17-19(12-13)16-6-2-4-10-22-16/h1,5,7-8,11-12,16H,2-4,6,9-10H2. The molecule has 2 aliphatic rings. The Hall–Kier alpha value is -2.21. The zero-order valence-electron chi connectivity index (χ0n) is 12.4. The predicted molar refractivity (Wildman–Crippen MR) is 80.6 cm³/mol. The molecule has 0 aromatic carbocycles. The van der Waals surface area contributed by atoms with E-state index in [1.807, 2.05) is 6.20 Å². The van der Waals surface area contributed by atoms with Gasteiger partial charge >= 0.3 is 0 Å². The maximum Gasteiger partial charge on any atom is 0.253 e. The van der Waals surface area contributed by atoms with Gasteiger partial charge in [-0.15, -0.1) is 0 Å². The number of amides is 2. The van der Waals surface area contributed by atoms with Crippen LogP contribution in [0.2, 0.25) is 0 Å². The number of aromatic nitrogens is 2. The van der Waals surface area contributed by atoms with Gasteiger partial charge in [0.15, 0.2) is 0 Å². The molecular formula is C16H19N3O3. The highest BCUT2D eigenvalue weighted by Crippen LogP contribution is 2.22. The first-order valence-electron chi connectivity index (χ1n) is 7.60. The Kier molecular flexibility index (Phi) is 4.48. The molecule has 0 aliphatic carbocycles. The Bertz CT molecular complexity index is 612. The Morgan fingerprint density at radius 1 is 1.41 bits per heavy atom. The lowest BCUT2D eigenvalue weighted by molar-refractivity contribution is -0.139. The van der Waals surface area contributed by atoms with Gasteiger partial charge in [-0.3, -0.25) is 14.5 Å². The summed E-state index contributed by atoms with van der Waals surface area (Å²) < 4.78 is 7.45. The summed E-state index contributed by atoms with van der Waals surface area (Å²) in [7, 11) is 0. The van der Waals surface area contributed by atoms with E-state index in [1.165, 1.54) is 17.1 Å². The molecule has 6 nitrogen and oxygen atoms in total. The fraction of sp³-hybridized carbons (Fsp3) is 0.438. The third-order valence-electron chi connectivity index (χ3n) is 3.80. The third-order valence-corrected chi connectivity index (χ3v) is 3.80. The third kappa shape index (κ3) is 3.33. The number of nitrogens with zero attached hydrogens (tertiary/aromatic N) is 3. The molecule has 116 valence electrons. The van der Waals surface area contributed by atoms with Crippen molar-refractivity contribution in [1.82, 2.24) is 14.7 Å². The van der Waals surface area contributed by atoms with E-state index < -0.39 is 0 Å². The molecule has 1 atom stereocenters. The zero-order chi connectivity index (χ0) is 15.4. The van der Waals surface area contributed by atoms with Crippen LogP contribution in [-0.4, -0.2) is 39.6 Å². The van der Waals surface area contributed by atoms with Crippen LogP contribution >= 0.6 is 0 Å². The van der Waals surface area contributed by atoms with Crippen LogP contribution in [0.3, 0.4) is 0 Å². The molecule has 0 bridgehead atoms. The number of carbonyl (C=O) groups excluding carboxylic acids is 2. The van der Waals surface area contributed by atoms with Crippen LogP contribution in [-0.2, 0) is 14.3 Å². The number of imide groups is 1. The zero-order valence-corrected chi connectivity index (χ0v) is 12.4. The average Bonchev–Trinajstić information content (AvgIpc) is 3.03. The predicted octanol–water partition coefficient (Wildman–Crippen LogP) is 1.91. The Morgan fingerprint density at radius 2 is 2.32 bits per heavy atom. The van der Waals surface area contributed by atoms with Gasteiger partial charge in [0.2, 0.25) is 0 Å². The molecule has 0 saturated carbocycles. The number of carbonyl (C=O) groups is 2. The van der Waals surface area contributed by atoms with Gasteiger partial charge < -0.3 is 4.74 Å². The summed E-state index contributed by atoms with van der Waals surface area (Å²) in [5.41, 5.74) is 0.822. The molecule has 1 unspecified atom stereocenters. The van der Waals surface area contributed by atoms with Gasteiger partial charge in [-0.1, -0.05) is 6.08 Å². The molecule has 0 spiro atoms. The van der Waals surface area contributed by atoms with Gasteiger partial charge in [-0.2, -0.15) is 5.10 Å². The van der Waals surface area contributed by atoms with Crippen LogP contribution in [0.4, 0.5) is 0 Å². The van der Waals surface area contributed by atoms with Crippen LogP contribution in [0.5, 0.6) is 0 Å². The molecule has 2 amide bonds. The topological polar surface area (TPSA) is 64.4 Å². The van der Waals surface area contributed by atoms with E-state index in [0.717, 1.165) is 31.4 Å². The molecule has 2 aliphatic heterocycles. The van der Waals surface area contributed by atoms with Crippen LogP contribution in [0.25, 0.3) is 6.08 Å². The molecule has 3 rings (SSSR count). The van der Waals surface area contributed by atoms with E-state index in [2.05, 4.69) is 5.10 Å². The lowest BCUT2D eigenvalue weighted by Gasteiger charge is -2.22. The van der Waals surface area contributed by atoms with Crippen molar-refractivity contribution in [3.8, 4) is 0 Å². The van der Waals surface area contributed by atoms with Gasteiger partial charge in [0.05, 0.1) is 6.20 Å². The number of hydrogen-bond acceptors (Lipinski definition) is 4. The first-order valence-corrected chi connectivity index (χ1v) is 7.60. The highest BCUT2D eigenvalue weighted by molar-refractivity contribution is 6.06. The summed E-state index contributed by atoms with van der Waals surface area (Å²) >= 11 is 0. The Labute approximate surface area is 129 Å². The van der Waals surface area contributed by atoms with Crippen molar-refractivity contribution < 1.29 is 14.3 Å². The minimum absolute atomic E-state index is 0.0135. The molecule has 22 heavy (non-hydrogen) atoms. The molecule has 1 aromatic rings. The molecule has 6 heteroatoms. The van der Waals surface area contributed by atoms with Crippen molar-refractivity contribution in [1.29, 1.82) is 0 Å². The van der Waals surface area contributed by atoms with Crippen LogP contribution < -0.4 is 0 Å². The van der Waals surface area contributed by atoms with Gasteiger partial charge in [-0.25, -0.2) is 4.68 Å². The fourth-order valence-electron chi connectivity index (χ4n) is 2.59. The molecule has 3 heterocycles. The summed E-state index contributed by atoms with van der Waals surface area (Å²) in [6.07, 6.45) is 13.8. The van der Waals surface area contributed by atoms with E-state index in [1.54, 1.807) is 23.0 Å². The summed E-state index contributed by atoms with van der Waals surface area (Å²) in [5.74, 6) is -0.553. The summed E-state index contributed by atoms with van der Waals surface area (Å²) in [6.45, 7) is 1.20. The van der Waals surface area contributed by atoms with Gasteiger partial charge in [0.1, 0.15) is 6.23 Å². The summed E-state index contributed by atoms with van der Waals surface area (Å²) in [5, 5.41) is 4.28. The van der Waals surface area contributed by atoms with E-state index in [0.29, 0.717) is 13.0 Å². The van der Waals surface area contributed by atoms with Crippen molar-refractivity contribution in [3.05, 3.63) is 36.2 Å². The second kappa shape index (κ2) is 6.70. The molecule has 0 radical (unpaired) electrons. The van der Waals surface area contributed by atoms with Crippen molar-refractivity contribution in [2.45, 2.75) is 31.9 Å². The lowest BCUT2D eigenvalue weighted by atomic mass is 10.2. The lowest BCUT2D eigenvalue weighted by Crippen LogP contribution is -2.37.